The molecule has 2 aromatic heterocycles. The van der Waals surface area contributed by atoms with Crippen LogP contribution in [0.2, 0.25) is 0 Å². The van der Waals surface area contributed by atoms with Crippen molar-refractivity contribution in [3.8, 4) is 101 Å². The summed E-state index contributed by atoms with van der Waals surface area (Å²) < 4.78 is 0. The second kappa shape index (κ2) is 16.4. The maximum Gasteiger partial charge on any atom is 0.164 e. The van der Waals surface area contributed by atoms with E-state index < -0.39 is 0 Å². The Kier molecular flexibility index (Phi) is 9.88. The number of nitrogens with zero attached hydrogens (tertiary/aromatic N) is 5. The lowest BCUT2D eigenvalue weighted by Gasteiger charge is -2.12. The van der Waals surface area contributed by atoms with Crippen molar-refractivity contribution in [3.63, 3.8) is 0 Å². The molecule has 0 fully saturated rings. The lowest BCUT2D eigenvalue weighted by Crippen LogP contribution is -2.00. The third kappa shape index (κ3) is 7.76. The summed E-state index contributed by atoms with van der Waals surface area (Å²) in [7, 11) is 0. The number of hydrogen-bond donors (Lipinski definition) is 0. The SMILES string of the molecule is c1ccc(-c2cccc(-c3ccc(-c4nc(-c5ccccc5)cc(-c5cccc(-c6cccc(-c7nc(-c8ccccc8)nc(-c8ccccc8)n7)c6)c5)n4)cc3)c2)cc1. The Morgan fingerprint density at radius 2 is 0.450 bits per heavy atom. The molecule has 0 unspecified atom stereocenters. The van der Waals surface area contributed by atoms with E-state index in [1.54, 1.807) is 0 Å². The second-order valence-corrected chi connectivity index (χ2v) is 14.6. The molecule has 0 spiro atoms. The van der Waals surface area contributed by atoms with Crippen LogP contribution >= 0.6 is 0 Å². The molecule has 5 heteroatoms. The molecule has 0 bridgehead atoms. The van der Waals surface area contributed by atoms with E-state index in [0.717, 1.165) is 67.0 Å². The summed E-state index contributed by atoms with van der Waals surface area (Å²) in [6.45, 7) is 0. The van der Waals surface area contributed by atoms with Gasteiger partial charge in [0.15, 0.2) is 23.3 Å². The molecule has 0 saturated carbocycles. The maximum absolute atomic E-state index is 5.19. The van der Waals surface area contributed by atoms with Crippen LogP contribution in [-0.4, -0.2) is 24.9 Å². The van der Waals surface area contributed by atoms with Crippen LogP contribution in [0.15, 0.2) is 224 Å². The standard InChI is InChI=1S/C55H37N5/c1-5-16-38(17-6-1)44-24-13-25-45(34-44)39-30-32-43(33-31-39)52-56-50(40-18-7-2-8-19-40)37-51(57-52)48-28-14-26-46(35-48)47-27-15-29-49(36-47)55-59-53(41-20-9-3-10-21-41)58-54(60-55)42-22-11-4-12-23-42/h1-37H. The molecule has 10 rings (SSSR count). The van der Waals surface area contributed by atoms with Crippen LogP contribution in [-0.2, 0) is 0 Å². The quantitative estimate of drug-likeness (QED) is 0.146. The van der Waals surface area contributed by atoms with Gasteiger partial charge in [-0.2, -0.15) is 0 Å². The average molecular weight is 768 g/mol. The van der Waals surface area contributed by atoms with Gasteiger partial charge in [0.25, 0.3) is 0 Å². The Morgan fingerprint density at radius 1 is 0.167 bits per heavy atom. The molecule has 0 amide bonds. The van der Waals surface area contributed by atoms with E-state index in [4.69, 9.17) is 24.9 Å². The van der Waals surface area contributed by atoms with Crippen LogP contribution < -0.4 is 0 Å². The lowest BCUT2D eigenvalue weighted by atomic mass is 9.98. The summed E-state index contributed by atoms with van der Waals surface area (Å²) in [5.74, 6) is 2.55. The van der Waals surface area contributed by atoms with Gasteiger partial charge < -0.3 is 0 Å². The van der Waals surface area contributed by atoms with Crippen molar-refractivity contribution in [2.45, 2.75) is 0 Å². The van der Waals surface area contributed by atoms with Crippen LogP contribution in [0, 0.1) is 0 Å². The molecule has 0 N–H and O–H groups in total. The van der Waals surface area contributed by atoms with Crippen molar-refractivity contribution in [3.05, 3.63) is 224 Å². The molecule has 2 heterocycles. The maximum atomic E-state index is 5.19. The van der Waals surface area contributed by atoms with E-state index in [-0.39, 0.29) is 0 Å². The summed E-state index contributed by atoms with van der Waals surface area (Å²) >= 11 is 0. The smallest absolute Gasteiger partial charge is 0.164 e. The van der Waals surface area contributed by atoms with Crippen molar-refractivity contribution >= 4 is 0 Å². The van der Waals surface area contributed by atoms with Gasteiger partial charge in [-0.05, 0) is 57.6 Å². The first kappa shape index (κ1) is 36.2. The topological polar surface area (TPSA) is 64.5 Å². The van der Waals surface area contributed by atoms with Crippen LogP contribution in [0.3, 0.4) is 0 Å². The molecule has 8 aromatic carbocycles. The highest BCUT2D eigenvalue weighted by Crippen LogP contribution is 2.34. The van der Waals surface area contributed by atoms with E-state index in [0.29, 0.717) is 23.3 Å². The molecule has 282 valence electrons. The first-order valence-corrected chi connectivity index (χ1v) is 20.0. The molecule has 0 aliphatic rings. The van der Waals surface area contributed by atoms with Gasteiger partial charge in [0.2, 0.25) is 0 Å². The number of hydrogen-bond acceptors (Lipinski definition) is 5. The Morgan fingerprint density at radius 3 is 0.967 bits per heavy atom. The van der Waals surface area contributed by atoms with Crippen molar-refractivity contribution in [1.29, 1.82) is 0 Å². The fourth-order valence-electron chi connectivity index (χ4n) is 7.44. The molecule has 0 atom stereocenters. The van der Waals surface area contributed by atoms with Gasteiger partial charge in [-0.3, -0.25) is 0 Å². The molecule has 0 saturated heterocycles. The zero-order valence-corrected chi connectivity index (χ0v) is 32.6. The molecular weight excluding hydrogens is 731 g/mol. The average Bonchev–Trinajstić information content (AvgIpc) is 3.35. The third-order valence-corrected chi connectivity index (χ3v) is 10.6. The van der Waals surface area contributed by atoms with Gasteiger partial charge >= 0.3 is 0 Å². The summed E-state index contributed by atoms with van der Waals surface area (Å²) in [6, 6.07) is 77.1. The van der Waals surface area contributed by atoms with Crippen molar-refractivity contribution < 1.29 is 0 Å². The number of rotatable bonds is 9. The fraction of sp³-hybridized carbons (Fsp3) is 0. The van der Waals surface area contributed by atoms with Gasteiger partial charge in [-0.1, -0.05) is 200 Å². The van der Waals surface area contributed by atoms with Crippen molar-refractivity contribution in [1.82, 2.24) is 24.9 Å². The minimum absolute atomic E-state index is 0.614. The van der Waals surface area contributed by atoms with Gasteiger partial charge in [0.1, 0.15) is 0 Å². The van der Waals surface area contributed by atoms with Crippen LogP contribution in [0.5, 0.6) is 0 Å². The Bertz CT molecular complexity index is 3000. The van der Waals surface area contributed by atoms with Crippen molar-refractivity contribution in [2.75, 3.05) is 0 Å². The van der Waals surface area contributed by atoms with E-state index in [1.165, 1.54) is 11.1 Å². The molecule has 0 aliphatic carbocycles. The second-order valence-electron chi connectivity index (χ2n) is 14.6. The fourth-order valence-corrected chi connectivity index (χ4v) is 7.44. The number of aromatic nitrogens is 5. The molecule has 0 aliphatic heterocycles. The Hall–Kier alpha value is -8.15. The summed E-state index contributed by atoms with van der Waals surface area (Å²) in [4.78, 5) is 25.1. The van der Waals surface area contributed by atoms with E-state index in [2.05, 4.69) is 140 Å². The Labute approximate surface area is 349 Å². The molecular formula is C55H37N5. The van der Waals surface area contributed by atoms with Gasteiger partial charge in [-0.25, -0.2) is 24.9 Å². The predicted molar refractivity (Wildman–Crippen MR) is 244 cm³/mol. The lowest BCUT2D eigenvalue weighted by molar-refractivity contribution is 1.07. The zero-order chi connectivity index (χ0) is 40.1. The monoisotopic (exact) mass is 767 g/mol. The number of benzene rings is 8. The van der Waals surface area contributed by atoms with Gasteiger partial charge in [0, 0.05) is 33.4 Å². The summed E-state index contributed by atoms with van der Waals surface area (Å²) in [6.07, 6.45) is 0. The predicted octanol–water partition coefficient (Wildman–Crippen LogP) is 13.7. The first-order valence-electron chi connectivity index (χ1n) is 20.0. The molecule has 60 heavy (non-hydrogen) atoms. The Balaban J connectivity index is 1.01. The van der Waals surface area contributed by atoms with E-state index in [1.807, 2.05) is 84.9 Å². The summed E-state index contributed by atoms with van der Waals surface area (Å²) in [5, 5.41) is 0. The third-order valence-electron chi connectivity index (χ3n) is 10.6. The largest absolute Gasteiger partial charge is 0.228 e. The van der Waals surface area contributed by atoms with Crippen molar-refractivity contribution in [2.24, 2.45) is 0 Å². The van der Waals surface area contributed by atoms with Crippen LogP contribution in [0.25, 0.3) is 101 Å². The highest BCUT2D eigenvalue weighted by atomic mass is 15.0. The van der Waals surface area contributed by atoms with E-state index in [9.17, 15) is 0 Å². The first-order chi connectivity index (χ1) is 29.7. The van der Waals surface area contributed by atoms with Crippen LogP contribution in [0.4, 0.5) is 0 Å². The highest BCUT2D eigenvalue weighted by molar-refractivity contribution is 5.79. The molecule has 0 radical (unpaired) electrons. The van der Waals surface area contributed by atoms with Gasteiger partial charge in [0.05, 0.1) is 11.4 Å². The van der Waals surface area contributed by atoms with E-state index >= 15 is 0 Å². The molecule has 5 nitrogen and oxygen atoms in total. The minimum atomic E-state index is 0.614. The molecule has 10 aromatic rings. The minimum Gasteiger partial charge on any atom is -0.228 e. The zero-order valence-electron chi connectivity index (χ0n) is 32.6. The summed E-state index contributed by atoms with van der Waals surface area (Å²) in [5.41, 5.74) is 14.2. The highest BCUT2D eigenvalue weighted by Gasteiger charge is 2.15. The van der Waals surface area contributed by atoms with Gasteiger partial charge in [-0.15, -0.1) is 0 Å². The van der Waals surface area contributed by atoms with Crippen LogP contribution in [0.1, 0.15) is 0 Å². The normalized spacial score (nSPS) is 11.0.